The first-order valence-electron chi connectivity index (χ1n) is 9.10. The number of rotatable bonds is 8. The molecular weight excluding hydrogens is 310 g/mol. The minimum Gasteiger partial charge on any atom is -0.488 e. The molecule has 3 N–H and O–H groups in total. The molecule has 2 rings (SSSR count). The lowest BCUT2D eigenvalue weighted by Crippen LogP contribution is -2.26. The molecule has 0 aromatic heterocycles. The zero-order valence-corrected chi connectivity index (χ0v) is 15.8. The quantitative estimate of drug-likeness (QED) is 0.733. The van der Waals surface area contributed by atoms with Crippen LogP contribution in [0.5, 0.6) is 5.75 Å². The summed E-state index contributed by atoms with van der Waals surface area (Å²) in [4.78, 5) is 0. The van der Waals surface area contributed by atoms with Crippen LogP contribution in [0.25, 0.3) is 0 Å². The monoisotopic (exact) mass is 341 g/mol. The maximum absolute atomic E-state index is 10.4. The van der Waals surface area contributed by atoms with Gasteiger partial charge in [0.1, 0.15) is 12.4 Å². The van der Waals surface area contributed by atoms with Crippen LogP contribution < -0.4 is 10.5 Å². The Bertz CT molecular complexity index is 644. The van der Waals surface area contributed by atoms with Gasteiger partial charge in [-0.05, 0) is 54.9 Å². The third-order valence-corrected chi connectivity index (χ3v) is 4.55. The lowest BCUT2D eigenvalue weighted by Gasteiger charge is -2.22. The second-order valence-electron chi connectivity index (χ2n) is 7.32. The van der Waals surface area contributed by atoms with Crippen LogP contribution in [0.4, 0.5) is 0 Å². The maximum atomic E-state index is 10.4. The SMILES string of the molecule is Cc1cc([C@H](N)[C@H](O)CCC(C)C)cc(C)c1OCc1ccccc1. The minimum atomic E-state index is -0.516. The molecule has 0 unspecified atom stereocenters. The summed E-state index contributed by atoms with van der Waals surface area (Å²) in [5.74, 6) is 1.47. The van der Waals surface area contributed by atoms with E-state index >= 15 is 0 Å². The molecule has 0 amide bonds. The van der Waals surface area contributed by atoms with E-state index in [1.54, 1.807) is 0 Å². The molecule has 3 nitrogen and oxygen atoms in total. The zero-order chi connectivity index (χ0) is 18.4. The van der Waals surface area contributed by atoms with Crippen molar-refractivity contribution in [3.8, 4) is 5.75 Å². The van der Waals surface area contributed by atoms with Gasteiger partial charge in [0.15, 0.2) is 0 Å². The van der Waals surface area contributed by atoms with E-state index in [4.69, 9.17) is 10.5 Å². The maximum Gasteiger partial charge on any atom is 0.125 e. The summed E-state index contributed by atoms with van der Waals surface area (Å²) in [6.45, 7) is 8.93. The van der Waals surface area contributed by atoms with E-state index in [0.717, 1.165) is 40.8 Å². The number of hydrogen-bond donors (Lipinski definition) is 2. The number of hydrogen-bond acceptors (Lipinski definition) is 3. The molecule has 0 bridgehead atoms. The molecule has 0 radical (unpaired) electrons. The Labute approximate surface area is 151 Å². The van der Waals surface area contributed by atoms with Gasteiger partial charge in [-0.15, -0.1) is 0 Å². The van der Waals surface area contributed by atoms with Gasteiger partial charge in [0.25, 0.3) is 0 Å². The molecule has 25 heavy (non-hydrogen) atoms. The average molecular weight is 341 g/mol. The third kappa shape index (κ3) is 5.58. The first kappa shape index (κ1) is 19.5. The van der Waals surface area contributed by atoms with Gasteiger partial charge in [-0.2, -0.15) is 0 Å². The van der Waals surface area contributed by atoms with Crippen molar-refractivity contribution in [2.45, 2.75) is 59.3 Å². The van der Waals surface area contributed by atoms with Crippen LogP contribution in [0.3, 0.4) is 0 Å². The van der Waals surface area contributed by atoms with Crippen molar-refractivity contribution in [1.82, 2.24) is 0 Å². The molecule has 0 fully saturated rings. The molecule has 2 atom stereocenters. The van der Waals surface area contributed by atoms with Crippen molar-refractivity contribution < 1.29 is 9.84 Å². The van der Waals surface area contributed by atoms with Gasteiger partial charge in [-0.1, -0.05) is 56.3 Å². The minimum absolute atomic E-state index is 0.362. The van der Waals surface area contributed by atoms with Crippen LogP contribution in [-0.2, 0) is 6.61 Å². The molecule has 0 heterocycles. The Morgan fingerprint density at radius 3 is 2.16 bits per heavy atom. The molecular formula is C22H31NO2. The van der Waals surface area contributed by atoms with E-state index in [-0.39, 0.29) is 6.04 Å². The summed E-state index contributed by atoms with van der Waals surface area (Å²) in [5.41, 5.74) is 10.5. The highest BCUT2D eigenvalue weighted by Crippen LogP contribution is 2.29. The predicted molar refractivity (Wildman–Crippen MR) is 104 cm³/mol. The van der Waals surface area contributed by atoms with Gasteiger partial charge in [0, 0.05) is 0 Å². The summed E-state index contributed by atoms with van der Waals surface area (Å²) in [6, 6.07) is 13.9. The molecule has 2 aromatic rings. The molecule has 136 valence electrons. The van der Waals surface area contributed by atoms with E-state index in [0.29, 0.717) is 12.5 Å². The number of nitrogens with two attached hydrogens (primary N) is 1. The van der Waals surface area contributed by atoms with E-state index < -0.39 is 6.10 Å². The molecule has 0 spiro atoms. The highest BCUT2D eigenvalue weighted by Gasteiger charge is 2.19. The molecule has 0 aliphatic rings. The molecule has 0 saturated carbocycles. The third-order valence-electron chi connectivity index (χ3n) is 4.55. The van der Waals surface area contributed by atoms with Crippen LogP contribution in [0.15, 0.2) is 42.5 Å². The van der Waals surface area contributed by atoms with E-state index in [1.165, 1.54) is 0 Å². The lowest BCUT2D eigenvalue weighted by molar-refractivity contribution is 0.128. The summed E-state index contributed by atoms with van der Waals surface area (Å²) >= 11 is 0. The number of ether oxygens (including phenoxy) is 1. The highest BCUT2D eigenvalue weighted by molar-refractivity contribution is 5.44. The number of aliphatic hydroxyl groups excluding tert-OH is 1. The Morgan fingerprint density at radius 2 is 1.60 bits per heavy atom. The van der Waals surface area contributed by atoms with Crippen LogP contribution in [-0.4, -0.2) is 11.2 Å². The molecule has 0 aliphatic heterocycles. The van der Waals surface area contributed by atoms with Crippen LogP contribution in [0, 0.1) is 19.8 Å². The van der Waals surface area contributed by atoms with Crippen molar-refractivity contribution in [3.05, 3.63) is 64.7 Å². The van der Waals surface area contributed by atoms with Gasteiger partial charge in [0.2, 0.25) is 0 Å². The number of aryl methyl sites for hydroxylation is 2. The summed E-state index contributed by atoms with van der Waals surface area (Å²) in [7, 11) is 0. The Kier molecular flexibility index (Phi) is 7.03. The summed E-state index contributed by atoms with van der Waals surface area (Å²) in [6.07, 6.45) is 1.19. The zero-order valence-electron chi connectivity index (χ0n) is 15.8. The first-order chi connectivity index (χ1) is 11.9. The van der Waals surface area contributed by atoms with E-state index in [2.05, 4.69) is 26.0 Å². The van der Waals surface area contributed by atoms with Crippen LogP contribution in [0.2, 0.25) is 0 Å². The fraction of sp³-hybridized carbons (Fsp3) is 0.455. The van der Waals surface area contributed by atoms with Crippen LogP contribution in [0.1, 0.15) is 55.0 Å². The fourth-order valence-electron chi connectivity index (χ4n) is 3.04. The fourth-order valence-corrected chi connectivity index (χ4v) is 3.04. The normalized spacial score (nSPS) is 13.7. The van der Waals surface area contributed by atoms with Gasteiger partial charge >= 0.3 is 0 Å². The first-order valence-corrected chi connectivity index (χ1v) is 9.10. The van der Waals surface area contributed by atoms with Crippen molar-refractivity contribution in [1.29, 1.82) is 0 Å². The smallest absolute Gasteiger partial charge is 0.125 e. The van der Waals surface area contributed by atoms with Gasteiger partial charge < -0.3 is 15.6 Å². The second-order valence-corrected chi connectivity index (χ2v) is 7.32. The topological polar surface area (TPSA) is 55.5 Å². The average Bonchev–Trinajstić information content (AvgIpc) is 2.59. The standard InChI is InChI=1S/C22H31NO2/c1-15(2)10-11-20(24)21(23)19-12-16(3)22(17(4)13-19)25-14-18-8-6-5-7-9-18/h5-9,12-13,15,20-21,24H,10-11,14,23H2,1-4H3/t20-,21+/m1/s1. The summed E-state index contributed by atoms with van der Waals surface area (Å²) in [5, 5.41) is 10.4. The Morgan fingerprint density at radius 1 is 1.00 bits per heavy atom. The van der Waals surface area contributed by atoms with E-state index in [1.807, 2.05) is 44.2 Å². The Balaban J connectivity index is 2.08. The molecule has 3 heteroatoms. The van der Waals surface area contributed by atoms with Crippen molar-refractivity contribution in [3.63, 3.8) is 0 Å². The van der Waals surface area contributed by atoms with Gasteiger partial charge in [-0.3, -0.25) is 0 Å². The molecule has 0 saturated heterocycles. The second kappa shape index (κ2) is 9.02. The molecule has 2 aromatic carbocycles. The Hall–Kier alpha value is -1.84. The van der Waals surface area contributed by atoms with Crippen molar-refractivity contribution >= 4 is 0 Å². The van der Waals surface area contributed by atoms with Crippen molar-refractivity contribution in [2.75, 3.05) is 0 Å². The van der Waals surface area contributed by atoms with Crippen molar-refractivity contribution in [2.24, 2.45) is 11.7 Å². The van der Waals surface area contributed by atoms with Crippen LogP contribution >= 0.6 is 0 Å². The van der Waals surface area contributed by atoms with E-state index in [9.17, 15) is 5.11 Å². The number of aliphatic hydroxyl groups is 1. The number of benzene rings is 2. The predicted octanol–water partition coefficient (Wildman–Crippen LogP) is 4.68. The lowest BCUT2D eigenvalue weighted by atomic mass is 9.93. The largest absolute Gasteiger partial charge is 0.488 e. The highest BCUT2D eigenvalue weighted by atomic mass is 16.5. The molecule has 0 aliphatic carbocycles. The summed E-state index contributed by atoms with van der Waals surface area (Å²) < 4.78 is 6.02. The van der Waals surface area contributed by atoms with Gasteiger partial charge in [0.05, 0.1) is 12.1 Å². The van der Waals surface area contributed by atoms with Gasteiger partial charge in [-0.25, -0.2) is 0 Å².